The van der Waals surface area contributed by atoms with Crippen LogP contribution in [0, 0.1) is 0 Å². The Labute approximate surface area is 94.9 Å². The van der Waals surface area contributed by atoms with Gasteiger partial charge >= 0.3 is 0 Å². The first-order valence-electron chi connectivity index (χ1n) is 4.82. The Bertz CT molecular complexity index is 356. The van der Waals surface area contributed by atoms with Gasteiger partial charge in [-0.2, -0.15) is 0 Å². The number of benzene rings is 1. The van der Waals surface area contributed by atoms with Gasteiger partial charge in [-0.15, -0.1) is 0 Å². The third-order valence-corrected chi connectivity index (χ3v) is 2.30. The molecule has 1 amide bonds. The smallest absolute Gasteiger partial charge is 0.244 e. The number of allylic oxidation sites excluding steroid dienone is 1. The van der Waals surface area contributed by atoms with Gasteiger partial charge in [0, 0.05) is 5.02 Å². The molecule has 0 aliphatic heterocycles. The molecule has 0 saturated heterocycles. The molecule has 3 heteroatoms. The van der Waals surface area contributed by atoms with Crippen molar-refractivity contribution in [2.75, 3.05) is 0 Å². The van der Waals surface area contributed by atoms with E-state index in [1.165, 1.54) is 6.08 Å². The lowest BCUT2D eigenvalue weighted by Crippen LogP contribution is -2.24. The van der Waals surface area contributed by atoms with Crippen molar-refractivity contribution in [1.29, 1.82) is 0 Å². The summed E-state index contributed by atoms with van der Waals surface area (Å²) >= 11 is 5.77. The minimum Gasteiger partial charge on any atom is -0.346 e. The quantitative estimate of drug-likeness (QED) is 0.784. The number of carbonyl (C=O) groups excluding carboxylic acids is 1. The molecule has 80 valence electrons. The Kier molecular flexibility index (Phi) is 4.37. The van der Waals surface area contributed by atoms with Crippen LogP contribution in [0.2, 0.25) is 5.02 Å². The van der Waals surface area contributed by atoms with Crippen LogP contribution in [0.4, 0.5) is 0 Å². The Hall–Kier alpha value is -1.28. The van der Waals surface area contributed by atoms with E-state index in [1.807, 2.05) is 38.1 Å². The van der Waals surface area contributed by atoms with Crippen molar-refractivity contribution < 1.29 is 4.79 Å². The van der Waals surface area contributed by atoms with Crippen molar-refractivity contribution in [3.63, 3.8) is 0 Å². The summed E-state index contributed by atoms with van der Waals surface area (Å²) in [6, 6.07) is 7.43. The Morgan fingerprint density at radius 2 is 2.00 bits per heavy atom. The molecule has 1 atom stereocenters. The Morgan fingerprint density at radius 1 is 1.40 bits per heavy atom. The average molecular weight is 224 g/mol. The van der Waals surface area contributed by atoms with Crippen LogP contribution < -0.4 is 5.32 Å². The van der Waals surface area contributed by atoms with E-state index in [2.05, 4.69) is 5.32 Å². The number of halogens is 1. The van der Waals surface area contributed by atoms with Gasteiger partial charge in [0.15, 0.2) is 0 Å². The van der Waals surface area contributed by atoms with Crippen molar-refractivity contribution in [2.24, 2.45) is 0 Å². The van der Waals surface area contributed by atoms with Crippen LogP contribution in [0.25, 0.3) is 0 Å². The van der Waals surface area contributed by atoms with E-state index in [0.717, 1.165) is 5.56 Å². The third kappa shape index (κ3) is 3.76. The van der Waals surface area contributed by atoms with Crippen LogP contribution >= 0.6 is 11.6 Å². The summed E-state index contributed by atoms with van der Waals surface area (Å²) in [5.41, 5.74) is 1.04. The highest BCUT2D eigenvalue weighted by Crippen LogP contribution is 2.15. The molecule has 1 aromatic carbocycles. The molecule has 0 aliphatic carbocycles. The first-order chi connectivity index (χ1) is 7.13. The van der Waals surface area contributed by atoms with Crippen molar-refractivity contribution >= 4 is 17.5 Å². The number of hydrogen-bond acceptors (Lipinski definition) is 1. The lowest BCUT2D eigenvalue weighted by molar-refractivity contribution is -0.117. The summed E-state index contributed by atoms with van der Waals surface area (Å²) in [6.07, 6.45) is 3.22. The fraction of sp³-hybridized carbons (Fsp3) is 0.250. The normalized spacial score (nSPS) is 12.7. The van der Waals surface area contributed by atoms with Gasteiger partial charge in [0.25, 0.3) is 0 Å². The predicted molar refractivity (Wildman–Crippen MR) is 62.8 cm³/mol. The van der Waals surface area contributed by atoms with Crippen LogP contribution in [0.3, 0.4) is 0 Å². The average Bonchev–Trinajstić information content (AvgIpc) is 2.18. The van der Waals surface area contributed by atoms with E-state index >= 15 is 0 Å². The second kappa shape index (κ2) is 5.56. The van der Waals surface area contributed by atoms with Crippen LogP contribution in [0.15, 0.2) is 36.4 Å². The van der Waals surface area contributed by atoms with Crippen molar-refractivity contribution in [1.82, 2.24) is 5.32 Å². The van der Waals surface area contributed by atoms with E-state index in [4.69, 9.17) is 11.6 Å². The third-order valence-electron chi connectivity index (χ3n) is 2.05. The summed E-state index contributed by atoms with van der Waals surface area (Å²) in [5.74, 6) is -0.0834. The molecular weight excluding hydrogens is 210 g/mol. The van der Waals surface area contributed by atoms with Gasteiger partial charge in [0.1, 0.15) is 0 Å². The summed E-state index contributed by atoms with van der Waals surface area (Å²) in [4.78, 5) is 11.3. The van der Waals surface area contributed by atoms with Crippen LogP contribution in [-0.2, 0) is 4.79 Å². The zero-order chi connectivity index (χ0) is 11.3. The zero-order valence-corrected chi connectivity index (χ0v) is 9.58. The Morgan fingerprint density at radius 3 is 2.53 bits per heavy atom. The van der Waals surface area contributed by atoms with Crippen molar-refractivity contribution in [2.45, 2.75) is 19.9 Å². The van der Waals surface area contributed by atoms with E-state index < -0.39 is 0 Å². The highest BCUT2D eigenvalue weighted by molar-refractivity contribution is 6.30. The molecule has 2 nitrogen and oxygen atoms in total. The first-order valence-corrected chi connectivity index (χ1v) is 5.20. The van der Waals surface area contributed by atoms with Crippen LogP contribution in [0.5, 0.6) is 0 Å². The molecule has 0 aromatic heterocycles. The second-order valence-corrected chi connectivity index (χ2v) is 3.72. The standard InChI is InChI=1S/C12H14ClNO/c1-3-4-12(15)14-9(2)10-5-7-11(13)8-6-10/h3-9H,1-2H3,(H,14,15)/b4-3+/t9-/m0/s1. The van der Waals surface area contributed by atoms with E-state index in [0.29, 0.717) is 5.02 Å². The van der Waals surface area contributed by atoms with Gasteiger partial charge in [-0.05, 0) is 37.6 Å². The number of amides is 1. The SMILES string of the molecule is C/C=C/C(=O)N[C@@H](C)c1ccc(Cl)cc1. The molecule has 0 bridgehead atoms. The maximum Gasteiger partial charge on any atom is 0.244 e. The van der Waals surface area contributed by atoms with Gasteiger partial charge in [-0.3, -0.25) is 4.79 Å². The van der Waals surface area contributed by atoms with Crippen LogP contribution in [-0.4, -0.2) is 5.91 Å². The molecule has 1 N–H and O–H groups in total. The zero-order valence-electron chi connectivity index (χ0n) is 8.83. The van der Waals surface area contributed by atoms with Gasteiger partial charge in [0.2, 0.25) is 5.91 Å². The highest BCUT2D eigenvalue weighted by atomic mass is 35.5. The molecule has 1 rings (SSSR count). The summed E-state index contributed by atoms with van der Waals surface area (Å²) in [6.45, 7) is 3.75. The number of carbonyl (C=O) groups is 1. The number of hydrogen-bond donors (Lipinski definition) is 1. The van der Waals surface area contributed by atoms with E-state index in [1.54, 1.807) is 6.08 Å². The van der Waals surface area contributed by atoms with E-state index in [-0.39, 0.29) is 11.9 Å². The molecule has 1 aromatic rings. The van der Waals surface area contributed by atoms with Gasteiger partial charge in [-0.1, -0.05) is 29.8 Å². The maximum absolute atomic E-state index is 11.3. The van der Waals surface area contributed by atoms with Crippen LogP contribution in [0.1, 0.15) is 25.5 Å². The monoisotopic (exact) mass is 223 g/mol. The molecule has 0 saturated carbocycles. The second-order valence-electron chi connectivity index (χ2n) is 3.28. The van der Waals surface area contributed by atoms with Gasteiger partial charge in [-0.25, -0.2) is 0 Å². The predicted octanol–water partition coefficient (Wildman–Crippen LogP) is 3.09. The molecule has 0 spiro atoms. The fourth-order valence-electron chi connectivity index (χ4n) is 1.25. The van der Waals surface area contributed by atoms with Gasteiger partial charge < -0.3 is 5.32 Å². The van der Waals surface area contributed by atoms with E-state index in [9.17, 15) is 4.79 Å². The summed E-state index contributed by atoms with van der Waals surface area (Å²) < 4.78 is 0. The molecule has 0 aliphatic rings. The number of rotatable bonds is 3. The largest absolute Gasteiger partial charge is 0.346 e. The summed E-state index contributed by atoms with van der Waals surface area (Å²) in [7, 11) is 0. The fourth-order valence-corrected chi connectivity index (χ4v) is 1.37. The lowest BCUT2D eigenvalue weighted by atomic mass is 10.1. The molecule has 0 fully saturated rings. The topological polar surface area (TPSA) is 29.1 Å². The minimum atomic E-state index is -0.0834. The van der Waals surface area contributed by atoms with Gasteiger partial charge in [0.05, 0.1) is 6.04 Å². The molecule has 0 heterocycles. The molecule has 0 unspecified atom stereocenters. The number of nitrogens with one attached hydrogen (secondary N) is 1. The molecule has 0 radical (unpaired) electrons. The highest BCUT2D eigenvalue weighted by Gasteiger charge is 2.06. The lowest BCUT2D eigenvalue weighted by Gasteiger charge is -2.12. The minimum absolute atomic E-state index is 0.00836. The van der Waals surface area contributed by atoms with Crippen molar-refractivity contribution in [3.05, 3.63) is 47.0 Å². The maximum atomic E-state index is 11.3. The summed E-state index contributed by atoms with van der Waals surface area (Å²) in [5, 5.41) is 3.55. The van der Waals surface area contributed by atoms with Crippen molar-refractivity contribution in [3.8, 4) is 0 Å². The molecular formula is C12H14ClNO. The molecule has 15 heavy (non-hydrogen) atoms. The first kappa shape index (κ1) is 11.8. The Balaban J connectivity index is 2.64.